The van der Waals surface area contributed by atoms with Gasteiger partial charge in [0, 0.05) is 18.7 Å². The van der Waals surface area contributed by atoms with Crippen LogP contribution in [0.4, 0.5) is 0 Å². The second-order valence-electron chi connectivity index (χ2n) is 6.84. The summed E-state index contributed by atoms with van der Waals surface area (Å²) in [6.07, 6.45) is 1.96. The van der Waals surface area contributed by atoms with Crippen molar-refractivity contribution in [2.24, 2.45) is 5.92 Å². The van der Waals surface area contributed by atoms with Gasteiger partial charge < -0.3 is 9.64 Å². The van der Waals surface area contributed by atoms with Crippen LogP contribution in [0.3, 0.4) is 0 Å². The van der Waals surface area contributed by atoms with E-state index in [1.165, 1.54) is 0 Å². The van der Waals surface area contributed by atoms with Gasteiger partial charge in [-0.3, -0.25) is 4.79 Å². The first kappa shape index (κ1) is 18.7. The van der Waals surface area contributed by atoms with Crippen molar-refractivity contribution in [1.29, 1.82) is 5.26 Å². The highest BCUT2D eigenvalue weighted by Gasteiger charge is 2.22. The Morgan fingerprint density at radius 1 is 1.07 bits per heavy atom. The van der Waals surface area contributed by atoms with Crippen LogP contribution in [0.25, 0.3) is 11.1 Å². The monoisotopic (exact) mass is 362 g/mol. The van der Waals surface area contributed by atoms with E-state index in [4.69, 9.17) is 4.74 Å². The molecule has 1 saturated heterocycles. The van der Waals surface area contributed by atoms with Gasteiger partial charge in [0.05, 0.1) is 17.2 Å². The molecular weight excluding hydrogens is 340 g/mol. The number of nitriles is 1. The lowest BCUT2D eigenvalue weighted by Gasteiger charge is -2.30. The van der Waals surface area contributed by atoms with Gasteiger partial charge in [0.1, 0.15) is 0 Å². The normalized spacial score (nSPS) is 14.4. The van der Waals surface area contributed by atoms with Crippen molar-refractivity contribution in [3.63, 3.8) is 0 Å². The Bertz CT molecular complexity index is 877. The van der Waals surface area contributed by atoms with Crippen LogP contribution in [0, 0.1) is 17.2 Å². The SMILES string of the molecule is CC1CCN(C(=O)COC(=O)c2ccccc2-c2ccccc2C#N)CC1. The molecule has 0 unspecified atom stereocenters. The molecule has 5 nitrogen and oxygen atoms in total. The molecule has 1 aliphatic rings. The largest absolute Gasteiger partial charge is 0.452 e. The molecule has 1 aliphatic heterocycles. The highest BCUT2D eigenvalue weighted by atomic mass is 16.5. The summed E-state index contributed by atoms with van der Waals surface area (Å²) in [7, 11) is 0. The molecule has 138 valence electrons. The molecule has 1 fully saturated rings. The van der Waals surface area contributed by atoms with Gasteiger partial charge in [-0.15, -0.1) is 0 Å². The molecule has 27 heavy (non-hydrogen) atoms. The predicted molar refractivity (Wildman–Crippen MR) is 102 cm³/mol. The highest BCUT2D eigenvalue weighted by Crippen LogP contribution is 2.27. The van der Waals surface area contributed by atoms with Gasteiger partial charge in [0.2, 0.25) is 0 Å². The van der Waals surface area contributed by atoms with Crippen molar-refractivity contribution in [3.8, 4) is 17.2 Å². The van der Waals surface area contributed by atoms with Gasteiger partial charge in [-0.1, -0.05) is 43.3 Å². The quantitative estimate of drug-likeness (QED) is 0.779. The maximum absolute atomic E-state index is 12.6. The Morgan fingerprint density at radius 3 is 2.41 bits per heavy atom. The first-order chi connectivity index (χ1) is 13.1. The molecule has 0 atom stereocenters. The Hall–Kier alpha value is -3.13. The number of benzene rings is 2. The lowest BCUT2D eigenvalue weighted by atomic mass is 9.96. The van der Waals surface area contributed by atoms with Gasteiger partial charge in [-0.2, -0.15) is 5.26 Å². The summed E-state index contributed by atoms with van der Waals surface area (Å²) in [5, 5.41) is 9.33. The minimum Gasteiger partial charge on any atom is -0.452 e. The maximum atomic E-state index is 12.6. The van der Waals surface area contributed by atoms with E-state index in [9.17, 15) is 14.9 Å². The fourth-order valence-corrected chi connectivity index (χ4v) is 3.27. The maximum Gasteiger partial charge on any atom is 0.339 e. The van der Waals surface area contributed by atoms with E-state index in [0.717, 1.165) is 12.8 Å². The predicted octanol–water partition coefficient (Wildman–Crippen LogP) is 3.64. The van der Waals surface area contributed by atoms with E-state index in [1.807, 2.05) is 6.07 Å². The van der Waals surface area contributed by atoms with Crippen LogP contribution < -0.4 is 0 Å². The number of carbonyl (C=O) groups is 2. The van der Waals surface area contributed by atoms with Crippen molar-refractivity contribution >= 4 is 11.9 Å². The number of ether oxygens (including phenoxy) is 1. The van der Waals surface area contributed by atoms with E-state index in [-0.39, 0.29) is 12.5 Å². The number of amides is 1. The lowest BCUT2D eigenvalue weighted by Crippen LogP contribution is -2.40. The number of hydrogen-bond donors (Lipinski definition) is 0. The van der Waals surface area contributed by atoms with E-state index < -0.39 is 5.97 Å². The number of nitrogens with zero attached hydrogens (tertiary/aromatic N) is 2. The fraction of sp³-hybridized carbons (Fsp3) is 0.318. The van der Waals surface area contributed by atoms with Gasteiger partial charge in [0.15, 0.2) is 6.61 Å². The zero-order chi connectivity index (χ0) is 19.2. The summed E-state index contributed by atoms with van der Waals surface area (Å²) >= 11 is 0. The summed E-state index contributed by atoms with van der Waals surface area (Å²) < 4.78 is 5.29. The third-order valence-corrected chi connectivity index (χ3v) is 4.95. The third kappa shape index (κ3) is 4.35. The van der Waals surface area contributed by atoms with Crippen LogP contribution in [0.15, 0.2) is 48.5 Å². The topological polar surface area (TPSA) is 70.4 Å². The number of piperidine rings is 1. The van der Waals surface area contributed by atoms with Gasteiger partial charge in [-0.05, 0) is 36.5 Å². The van der Waals surface area contributed by atoms with E-state index >= 15 is 0 Å². The third-order valence-electron chi connectivity index (χ3n) is 4.95. The Labute approximate surface area is 159 Å². The summed E-state index contributed by atoms with van der Waals surface area (Å²) in [4.78, 5) is 26.7. The van der Waals surface area contributed by atoms with Gasteiger partial charge >= 0.3 is 5.97 Å². The first-order valence-corrected chi connectivity index (χ1v) is 9.13. The average Bonchev–Trinajstić information content (AvgIpc) is 2.72. The van der Waals surface area contributed by atoms with Crippen molar-refractivity contribution in [3.05, 3.63) is 59.7 Å². The van der Waals surface area contributed by atoms with Crippen molar-refractivity contribution in [1.82, 2.24) is 4.90 Å². The fourth-order valence-electron chi connectivity index (χ4n) is 3.27. The lowest BCUT2D eigenvalue weighted by molar-refractivity contribution is -0.135. The minimum atomic E-state index is -0.558. The number of esters is 1. The minimum absolute atomic E-state index is 0.162. The van der Waals surface area contributed by atoms with Crippen LogP contribution in [0.2, 0.25) is 0 Å². The second kappa shape index (κ2) is 8.50. The molecule has 2 aromatic carbocycles. The van der Waals surface area contributed by atoms with Crippen LogP contribution in [-0.2, 0) is 9.53 Å². The molecule has 0 aromatic heterocycles. The molecular formula is C22H22N2O3. The van der Waals surface area contributed by atoms with Gasteiger partial charge in [-0.25, -0.2) is 4.79 Å². The Balaban J connectivity index is 1.73. The van der Waals surface area contributed by atoms with Crippen molar-refractivity contribution in [2.45, 2.75) is 19.8 Å². The average molecular weight is 362 g/mol. The molecule has 5 heteroatoms. The number of hydrogen-bond acceptors (Lipinski definition) is 4. The zero-order valence-electron chi connectivity index (χ0n) is 15.4. The van der Waals surface area contributed by atoms with Crippen molar-refractivity contribution in [2.75, 3.05) is 19.7 Å². The smallest absolute Gasteiger partial charge is 0.339 e. The standard InChI is InChI=1S/C22H22N2O3/c1-16-10-12-24(13-11-16)21(25)15-27-22(26)20-9-5-4-8-19(20)18-7-3-2-6-17(18)14-23/h2-9,16H,10-13,15H2,1H3. The van der Waals surface area contributed by atoms with Crippen LogP contribution >= 0.6 is 0 Å². The molecule has 0 N–H and O–H groups in total. The first-order valence-electron chi connectivity index (χ1n) is 9.13. The molecule has 3 rings (SSSR count). The number of rotatable bonds is 4. The molecule has 1 amide bonds. The Morgan fingerprint density at radius 2 is 1.70 bits per heavy atom. The van der Waals surface area contributed by atoms with E-state index in [1.54, 1.807) is 47.4 Å². The molecule has 2 aromatic rings. The van der Waals surface area contributed by atoms with Crippen LogP contribution in [0.5, 0.6) is 0 Å². The molecule has 0 aliphatic carbocycles. The molecule has 0 saturated carbocycles. The van der Waals surface area contributed by atoms with Crippen LogP contribution in [0.1, 0.15) is 35.7 Å². The second-order valence-corrected chi connectivity index (χ2v) is 6.84. The van der Waals surface area contributed by atoms with Crippen molar-refractivity contribution < 1.29 is 14.3 Å². The molecule has 1 heterocycles. The van der Waals surface area contributed by atoms with Gasteiger partial charge in [0.25, 0.3) is 5.91 Å². The van der Waals surface area contributed by atoms with Crippen LogP contribution in [-0.4, -0.2) is 36.5 Å². The number of carbonyl (C=O) groups excluding carboxylic acids is 2. The molecule has 0 spiro atoms. The summed E-state index contributed by atoms with van der Waals surface area (Å²) in [6, 6.07) is 16.2. The van der Waals surface area contributed by atoms with E-state index in [2.05, 4.69) is 13.0 Å². The Kier molecular flexibility index (Phi) is 5.87. The summed E-state index contributed by atoms with van der Waals surface area (Å²) in [6.45, 7) is 3.34. The van der Waals surface area contributed by atoms with E-state index in [0.29, 0.717) is 41.3 Å². The summed E-state index contributed by atoms with van der Waals surface area (Å²) in [5.41, 5.74) is 2.12. The number of likely N-dealkylation sites (tertiary alicyclic amines) is 1. The molecule has 0 bridgehead atoms. The highest BCUT2D eigenvalue weighted by molar-refractivity contribution is 5.98. The molecule has 0 radical (unpaired) electrons. The summed E-state index contributed by atoms with van der Waals surface area (Å²) in [5.74, 6) is -0.0918. The zero-order valence-corrected chi connectivity index (χ0v) is 15.4.